The topological polar surface area (TPSA) is 117 Å². The van der Waals surface area contributed by atoms with Crippen LogP contribution < -0.4 is 10.2 Å². The number of carboxylic acid groups (broad SMARTS) is 1. The van der Waals surface area contributed by atoms with Crippen molar-refractivity contribution in [3.63, 3.8) is 0 Å². The Balaban J connectivity index is 1.03. The van der Waals surface area contributed by atoms with Crippen LogP contribution in [-0.4, -0.2) is 144 Å². The fourth-order valence-corrected chi connectivity index (χ4v) is 11.2. The Hall–Kier alpha value is -3.52. The van der Waals surface area contributed by atoms with E-state index in [0.717, 1.165) is 82.6 Å². The number of nitrogens with one attached hydrogen (secondary N) is 1. The maximum atomic E-state index is 14.8. The number of anilines is 1. The molecule has 4 aliphatic rings. The van der Waals surface area contributed by atoms with Gasteiger partial charge < -0.3 is 34.9 Å². The third-order valence-electron chi connectivity index (χ3n) is 12.1. The van der Waals surface area contributed by atoms with Crippen molar-refractivity contribution in [2.75, 3.05) is 92.0 Å². The highest BCUT2D eigenvalue weighted by Gasteiger charge is 2.52. The quantitative estimate of drug-likeness (QED) is 0.277. The molecule has 2 amide bonds. The van der Waals surface area contributed by atoms with Crippen LogP contribution in [0.3, 0.4) is 0 Å². The molecule has 6 rings (SSSR count). The standard InChI is InChI=1S/C40H57FN6O5S/c1-43(2)19-7-12-38(48)47-26-35(27-47)53(51,52)34-15-13-33(14-16-34)46-24-29(25-46)23-45-20-17-30(18-21-45)40(28-44(3)4,31-8-5-9-32(41)22-31)36-10-6-11-37(36)42-39(49)50/h5,7-9,12-16,22,29-30,35-37,42H,6,10-11,17-21,23-28H2,1-4H3,(H,49,50)/b12-7+/t36-,37-,40?/m0/s1. The molecule has 2 aromatic carbocycles. The molecule has 0 bridgehead atoms. The third kappa shape index (κ3) is 8.74. The molecule has 53 heavy (non-hydrogen) atoms. The second-order valence-electron chi connectivity index (χ2n) is 16.3. The number of carbonyl (C=O) groups is 2. The Morgan fingerprint density at radius 1 is 0.962 bits per heavy atom. The van der Waals surface area contributed by atoms with Crippen LogP contribution in [0.25, 0.3) is 0 Å². The Bertz CT molecular complexity index is 1720. The minimum atomic E-state index is -3.52. The van der Waals surface area contributed by atoms with E-state index >= 15 is 0 Å². The molecule has 290 valence electrons. The molecule has 1 aliphatic carbocycles. The van der Waals surface area contributed by atoms with Gasteiger partial charge in [-0.3, -0.25) is 4.79 Å². The van der Waals surface area contributed by atoms with Crippen molar-refractivity contribution < 1.29 is 27.5 Å². The number of halogens is 1. The summed E-state index contributed by atoms with van der Waals surface area (Å²) < 4.78 is 41.4. The van der Waals surface area contributed by atoms with Crippen molar-refractivity contribution in [1.29, 1.82) is 0 Å². The lowest BCUT2D eigenvalue weighted by Gasteiger charge is -2.52. The van der Waals surface area contributed by atoms with E-state index in [1.807, 2.05) is 31.1 Å². The van der Waals surface area contributed by atoms with Crippen molar-refractivity contribution >= 4 is 27.5 Å². The van der Waals surface area contributed by atoms with Gasteiger partial charge in [0, 0.05) is 75.0 Å². The smallest absolute Gasteiger partial charge is 0.404 e. The summed E-state index contributed by atoms with van der Waals surface area (Å²) >= 11 is 0. The van der Waals surface area contributed by atoms with Crippen LogP contribution in [0, 0.1) is 23.6 Å². The van der Waals surface area contributed by atoms with Gasteiger partial charge in [0.1, 0.15) is 11.1 Å². The van der Waals surface area contributed by atoms with Gasteiger partial charge in [-0.05, 0) is 121 Å². The van der Waals surface area contributed by atoms with Gasteiger partial charge in [0.2, 0.25) is 5.91 Å². The Labute approximate surface area is 314 Å². The molecule has 0 aromatic heterocycles. The van der Waals surface area contributed by atoms with Crippen molar-refractivity contribution in [2.24, 2.45) is 17.8 Å². The molecule has 1 unspecified atom stereocenters. The van der Waals surface area contributed by atoms with Crippen LogP contribution in [0.4, 0.5) is 14.9 Å². The summed E-state index contributed by atoms with van der Waals surface area (Å²) in [6, 6.07) is 14.1. The van der Waals surface area contributed by atoms with Crippen molar-refractivity contribution in [2.45, 2.75) is 53.7 Å². The van der Waals surface area contributed by atoms with Gasteiger partial charge in [-0.25, -0.2) is 17.6 Å². The van der Waals surface area contributed by atoms with E-state index in [-0.39, 0.29) is 48.1 Å². The Morgan fingerprint density at radius 2 is 1.66 bits per heavy atom. The number of hydrogen-bond donors (Lipinski definition) is 2. The summed E-state index contributed by atoms with van der Waals surface area (Å²) in [5, 5.41) is 12.0. The number of hydrogen-bond acceptors (Lipinski definition) is 8. The van der Waals surface area contributed by atoms with Crippen LogP contribution in [0.5, 0.6) is 0 Å². The molecule has 1 saturated carbocycles. The first kappa shape index (κ1) is 39.2. The van der Waals surface area contributed by atoms with Crippen LogP contribution in [0.1, 0.15) is 37.7 Å². The normalized spacial score (nSPS) is 23.4. The molecule has 11 nitrogen and oxygen atoms in total. The molecule has 4 fully saturated rings. The maximum absolute atomic E-state index is 14.8. The van der Waals surface area contributed by atoms with E-state index in [2.05, 4.69) is 40.2 Å². The van der Waals surface area contributed by atoms with Crippen LogP contribution in [0.15, 0.2) is 65.6 Å². The summed E-state index contributed by atoms with van der Waals surface area (Å²) in [6.07, 6.45) is 6.90. The average Bonchev–Trinajstić information content (AvgIpc) is 3.52. The Morgan fingerprint density at radius 3 is 2.28 bits per heavy atom. The predicted octanol–water partition coefficient (Wildman–Crippen LogP) is 4.01. The summed E-state index contributed by atoms with van der Waals surface area (Å²) in [4.78, 5) is 35.0. The number of sulfone groups is 1. The van der Waals surface area contributed by atoms with E-state index < -0.39 is 21.2 Å². The second kappa shape index (κ2) is 16.5. The number of carbonyl (C=O) groups excluding carboxylic acids is 1. The monoisotopic (exact) mass is 752 g/mol. The number of likely N-dealkylation sites (tertiary alicyclic amines) is 2. The largest absolute Gasteiger partial charge is 0.465 e. The minimum Gasteiger partial charge on any atom is -0.465 e. The highest BCUT2D eigenvalue weighted by molar-refractivity contribution is 7.92. The number of rotatable bonds is 14. The molecule has 3 atom stereocenters. The molecule has 0 spiro atoms. The highest BCUT2D eigenvalue weighted by Crippen LogP contribution is 2.51. The lowest BCUT2D eigenvalue weighted by molar-refractivity contribution is -0.129. The van der Waals surface area contributed by atoms with Gasteiger partial charge in [-0.2, -0.15) is 0 Å². The molecular weight excluding hydrogens is 696 g/mol. The zero-order valence-corrected chi connectivity index (χ0v) is 32.5. The van der Waals surface area contributed by atoms with Gasteiger partial charge in [-0.15, -0.1) is 0 Å². The number of piperidine rings is 1. The zero-order chi connectivity index (χ0) is 37.9. The third-order valence-corrected chi connectivity index (χ3v) is 14.2. The van der Waals surface area contributed by atoms with Crippen LogP contribution in [0.2, 0.25) is 0 Å². The van der Waals surface area contributed by atoms with Gasteiger partial charge >= 0.3 is 6.09 Å². The van der Waals surface area contributed by atoms with Gasteiger partial charge in [0.15, 0.2) is 9.84 Å². The average molecular weight is 753 g/mol. The SMILES string of the molecule is CN(C)C/C=C/C(=O)N1CC(S(=O)(=O)c2ccc(N3CC(CN4CCC(C(CN(C)C)(c5cccc(F)c5)[C@H]5CCC[C@@H]5NC(=O)O)CC4)C3)cc2)C1. The molecule has 2 N–H and O–H groups in total. The molecule has 3 saturated heterocycles. The number of likely N-dealkylation sites (N-methyl/N-ethyl adjacent to an activating group) is 2. The molecule has 0 radical (unpaired) electrons. The van der Waals surface area contributed by atoms with Gasteiger partial charge in [0.05, 0.1) is 4.90 Å². The molecule has 3 heterocycles. The lowest BCUT2D eigenvalue weighted by Crippen LogP contribution is -2.58. The molecule has 2 aromatic rings. The summed E-state index contributed by atoms with van der Waals surface area (Å²) in [6.45, 7) is 6.50. The maximum Gasteiger partial charge on any atom is 0.404 e. The first-order chi connectivity index (χ1) is 25.3. The van der Waals surface area contributed by atoms with Crippen molar-refractivity contribution in [3.05, 3.63) is 72.1 Å². The van der Waals surface area contributed by atoms with Gasteiger partial charge in [-0.1, -0.05) is 24.6 Å². The highest BCUT2D eigenvalue weighted by atomic mass is 32.2. The summed E-state index contributed by atoms with van der Waals surface area (Å²) in [5.41, 5.74) is 1.61. The van der Waals surface area contributed by atoms with E-state index in [1.54, 1.807) is 35.2 Å². The van der Waals surface area contributed by atoms with E-state index in [0.29, 0.717) is 17.4 Å². The van der Waals surface area contributed by atoms with E-state index in [1.165, 1.54) is 12.1 Å². The van der Waals surface area contributed by atoms with Crippen molar-refractivity contribution in [3.8, 4) is 0 Å². The number of amides is 2. The fraction of sp³-hybridized carbons (Fsp3) is 0.600. The molecular formula is C40H57FN6O5S. The zero-order valence-electron chi connectivity index (χ0n) is 31.7. The van der Waals surface area contributed by atoms with E-state index in [9.17, 15) is 27.5 Å². The van der Waals surface area contributed by atoms with Crippen LogP contribution in [-0.2, 0) is 20.0 Å². The number of nitrogens with zero attached hydrogens (tertiary/aromatic N) is 5. The van der Waals surface area contributed by atoms with E-state index in [4.69, 9.17) is 0 Å². The second-order valence-corrected chi connectivity index (χ2v) is 18.5. The van der Waals surface area contributed by atoms with Gasteiger partial charge in [0.25, 0.3) is 0 Å². The number of benzene rings is 2. The van der Waals surface area contributed by atoms with Crippen LogP contribution >= 0.6 is 0 Å². The molecule has 3 aliphatic heterocycles. The lowest BCUT2D eigenvalue weighted by atomic mass is 9.58. The fourth-order valence-electron chi connectivity index (χ4n) is 9.51. The summed E-state index contributed by atoms with van der Waals surface area (Å²) in [7, 11) is 4.44. The van der Waals surface area contributed by atoms with Crippen molar-refractivity contribution in [1.82, 2.24) is 24.9 Å². The summed E-state index contributed by atoms with van der Waals surface area (Å²) in [5.74, 6) is 0.463. The first-order valence-electron chi connectivity index (χ1n) is 19.1. The molecule has 13 heteroatoms. The first-order valence-corrected chi connectivity index (χ1v) is 20.6. The predicted molar refractivity (Wildman–Crippen MR) is 205 cm³/mol. The Kier molecular flexibility index (Phi) is 12.2. The minimum absolute atomic E-state index is 0.0778.